The molecule has 0 aromatic rings. The van der Waals surface area contributed by atoms with Crippen LogP contribution in [0.2, 0.25) is 0 Å². The summed E-state index contributed by atoms with van der Waals surface area (Å²) in [5.41, 5.74) is 1.07. The van der Waals surface area contributed by atoms with Crippen molar-refractivity contribution < 1.29 is 4.79 Å². The number of carbonyl (C=O) groups excluding carboxylic acids is 1. The lowest BCUT2D eigenvalue weighted by Crippen LogP contribution is -2.26. The summed E-state index contributed by atoms with van der Waals surface area (Å²) in [7, 11) is 2.09. The van der Waals surface area contributed by atoms with Gasteiger partial charge in [0.2, 0.25) is 0 Å². The minimum absolute atomic E-state index is 0.459. The molecule has 11 heavy (non-hydrogen) atoms. The first kappa shape index (κ1) is 8.47. The van der Waals surface area contributed by atoms with E-state index in [0.717, 1.165) is 18.4 Å². The lowest BCUT2D eigenvalue weighted by molar-refractivity contribution is -0.107. The summed E-state index contributed by atoms with van der Waals surface area (Å²) in [5, 5.41) is 0. The van der Waals surface area contributed by atoms with Gasteiger partial charge in [0.05, 0.1) is 0 Å². The summed E-state index contributed by atoms with van der Waals surface area (Å²) >= 11 is 0. The number of hydrogen-bond acceptors (Lipinski definition) is 2. The molecule has 1 heterocycles. The summed E-state index contributed by atoms with van der Waals surface area (Å²) < 4.78 is 0. The first-order chi connectivity index (χ1) is 5.25. The number of nitrogens with zero attached hydrogens (tertiary/aromatic N) is 1. The van der Waals surface area contributed by atoms with Crippen LogP contribution in [0.1, 0.15) is 19.3 Å². The fourth-order valence-corrected chi connectivity index (χ4v) is 1.67. The molecule has 2 heteroatoms. The van der Waals surface area contributed by atoms with Gasteiger partial charge in [0, 0.05) is 12.5 Å². The normalized spacial score (nSPS) is 25.4. The Morgan fingerprint density at radius 2 is 2.55 bits per heavy atom. The van der Waals surface area contributed by atoms with E-state index in [2.05, 4.69) is 18.5 Å². The van der Waals surface area contributed by atoms with Gasteiger partial charge < -0.3 is 4.79 Å². The molecule has 0 saturated carbocycles. The van der Waals surface area contributed by atoms with Crippen LogP contribution in [0.3, 0.4) is 0 Å². The predicted octanol–water partition coefficient (Wildman–Crippen LogP) is 1.23. The monoisotopic (exact) mass is 153 g/mol. The van der Waals surface area contributed by atoms with Crippen LogP contribution in [0.15, 0.2) is 12.2 Å². The number of carbonyl (C=O) groups is 1. The van der Waals surface area contributed by atoms with E-state index in [0.29, 0.717) is 12.5 Å². The van der Waals surface area contributed by atoms with Crippen molar-refractivity contribution in [2.75, 3.05) is 13.6 Å². The summed E-state index contributed by atoms with van der Waals surface area (Å²) in [6.45, 7) is 5.05. The Bertz CT molecular complexity index is 165. The summed E-state index contributed by atoms with van der Waals surface area (Å²) in [6, 6.07) is 0.459. The van der Waals surface area contributed by atoms with Crippen LogP contribution in [0.4, 0.5) is 0 Å². The van der Waals surface area contributed by atoms with Crippen LogP contribution in [-0.2, 0) is 4.79 Å². The van der Waals surface area contributed by atoms with Gasteiger partial charge >= 0.3 is 0 Å². The van der Waals surface area contributed by atoms with Crippen LogP contribution < -0.4 is 0 Å². The van der Waals surface area contributed by atoms with Gasteiger partial charge in [-0.25, -0.2) is 0 Å². The highest BCUT2D eigenvalue weighted by Crippen LogP contribution is 2.21. The molecule has 0 aromatic heterocycles. The Balaban J connectivity index is 2.45. The zero-order valence-corrected chi connectivity index (χ0v) is 7.05. The molecule has 1 rings (SSSR count). The average molecular weight is 153 g/mol. The highest BCUT2D eigenvalue weighted by atomic mass is 16.1. The molecular formula is C9H15NO. The van der Waals surface area contributed by atoms with E-state index in [1.54, 1.807) is 0 Å². The molecule has 0 radical (unpaired) electrons. The molecule has 0 amide bonds. The molecule has 1 fully saturated rings. The summed E-state index contributed by atoms with van der Waals surface area (Å²) in [4.78, 5) is 12.5. The quantitative estimate of drug-likeness (QED) is 0.449. The molecule has 62 valence electrons. The maximum atomic E-state index is 10.2. The Kier molecular flexibility index (Phi) is 2.83. The van der Waals surface area contributed by atoms with Crippen molar-refractivity contribution >= 4 is 6.29 Å². The third-order valence-electron chi connectivity index (χ3n) is 2.34. The van der Waals surface area contributed by atoms with Crippen LogP contribution in [-0.4, -0.2) is 30.8 Å². The predicted molar refractivity (Wildman–Crippen MR) is 45.5 cm³/mol. The Morgan fingerprint density at radius 3 is 3.00 bits per heavy atom. The van der Waals surface area contributed by atoms with Crippen molar-refractivity contribution in [2.24, 2.45) is 0 Å². The minimum Gasteiger partial charge on any atom is -0.303 e. The molecule has 0 N–H and O–H groups in total. The third-order valence-corrected chi connectivity index (χ3v) is 2.34. The zero-order valence-electron chi connectivity index (χ0n) is 7.05. The molecule has 1 atom stereocenters. The highest BCUT2D eigenvalue weighted by molar-refractivity contribution is 5.54. The second kappa shape index (κ2) is 3.67. The van der Waals surface area contributed by atoms with Gasteiger partial charge in [-0.15, -0.1) is 0 Å². The van der Waals surface area contributed by atoms with E-state index in [-0.39, 0.29) is 0 Å². The number of likely N-dealkylation sites (tertiary alicyclic amines) is 1. The standard InChI is InChI=1S/C9H15NO/c1-8(5-7-11)9-4-3-6-10(9)2/h7,9H,1,3-6H2,2H3. The first-order valence-electron chi connectivity index (χ1n) is 4.07. The van der Waals surface area contributed by atoms with Gasteiger partial charge in [0.25, 0.3) is 0 Å². The van der Waals surface area contributed by atoms with E-state index < -0.39 is 0 Å². The van der Waals surface area contributed by atoms with Crippen LogP contribution in [0.25, 0.3) is 0 Å². The van der Waals surface area contributed by atoms with E-state index in [1.807, 2.05) is 0 Å². The molecule has 1 aliphatic rings. The van der Waals surface area contributed by atoms with Crippen molar-refractivity contribution in [2.45, 2.75) is 25.3 Å². The smallest absolute Gasteiger partial charge is 0.124 e. The van der Waals surface area contributed by atoms with Crippen LogP contribution in [0, 0.1) is 0 Å². The van der Waals surface area contributed by atoms with Crippen molar-refractivity contribution in [1.82, 2.24) is 4.90 Å². The van der Waals surface area contributed by atoms with Crippen molar-refractivity contribution in [3.8, 4) is 0 Å². The Labute approximate surface area is 67.9 Å². The van der Waals surface area contributed by atoms with E-state index in [4.69, 9.17) is 0 Å². The van der Waals surface area contributed by atoms with Gasteiger partial charge in [-0.2, -0.15) is 0 Å². The number of aldehydes is 1. The van der Waals surface area contributed by atoms with E-state index >= 15 is 0 Å². The molecule has 0 aromatic carbocycles. The molecule has 0 aliphatic carbocycles. The molecule has 0 spiro atoms. The fourth-order valence-electron chi connectivity index (χ4n) is 1.67. The van der Waals surface area contributed by atoms with Crippen molar-refractivity contribution in [3.63, 3.8) is 0 Å². The van der Waals surface area contributed by atoms with Gasteiger partial charge in [0.15, 0.2) is 0 Å². The topological polar surface area (TPSA) is 20.3 Å². The number of hydrogen-bond donors (Lipinski definition) is 0. The second-order valence-electron chi connectivity index (χ2n) is 3.17. The van der Waals surface area contributed by atoms with Crippen molar-refractivity contribution in [3.05, 3.63) is 12.2 Å². The summed E-state index contributed by atoms with van der Waals surface area (Å²) in [6.07, 6.45) is 3.87. The highest BCUT2D eigenvalue weighted by Gasteiger charge is 2.22. The Hall–Kier alpha value is -0.630. The molecular weight excluding hydrogens is 138 g/mol. The van der Waals surface area contributed by atoms with Crippen LogP contribution >= 0.6 is 0 Å². The van der Waals surface area contributed by atoms with Crippen molar-refractivity contribution in [1.29, 1.82) is 0 Å². The van der Waals surface area contributed by atoms with Gasteiger partial charge in [0.1, 0.15) is 6.29 Å². The minimum atomic E-state index is 0.459. The van der Waals surface area contributed by atoms with Gasteiger partial charge in [-0.1, -0.05) is 12.2 Å². The maximum absolute atomic E-state index is 10.2. The number of rotatable bonds is 3. The fraction of sp³-hybridized carbons (Fsp3) is 0.667. The largest absolute Gasteiger partial charge is 0.303 e. The first-order valence-corrected chi connectivity index (χ1v) is 4.07. The zero-order chi connectivity index (χ0) is 8.27. The second-order valence-corrected chi connectivity index (χ2v) is 3.17. The molecule has 1 unspecified atom stereocenters. The molecule has 2 nitrogen and oxygen atoms in total. The summed E-state index contributed by atoms with van der Waals surface area (Å²) in [5.74, 6) is 0. The van der Waals surface area contributed by atoms with E-state index in [9.17, 15) is 4.79 Å². The Morgan fingerprint density at radius 1 is 1.82 bits per heavy atom. The average Bonchev–Trinajstić information content (AvgIpc) is 2.36. The third kappa shape index (κ3) is 1.90. The lowest BCUT2D eigenvalue weighted by Gasteiger charge is -2.20. The van der Waals surface area contributed by atoms with E-state index in [1.165, 1.54) is 12.8 Å². The molecule has 1 saturated heterocycles. The molecule has 0 bridgehead atoms. The number of likely N-dealkylation sites (N-methyl/N-ethyl adjacent to an activating group) is 1. The SMILES string of the molecule is C=C(CC=O)C1CCCN1C. The molecule has 1 aliphatic heterocycles. The lowest BCUT2D eigenvalue weighted by atomic mass is 10.0. The van der Waals surface area contributed by atoms with Crippen LogP contribution in [0.5, 0.6) is 0 Å². The maximum Gasteiger partial charge on any atom is 0.124 e. The van der Waals surface area contributed by atoms with Gasteiger partial charge in [-0.3, -0.25) is 4.90 Å². The van der Waals surface area contributed by atoms with Gasteiger partial charge in [-0.05, 0) is 26.4 Å².